The standard InChI is InChI=1S/C9H17ClN2O2/c1-14-7-6-12-9(13)8-11-5-3-2-4-10/h2-3,11H,4-8H2,1H3,(H,12,13)/b3-2+. The number of ether oxygens (including phenoxy) is 1. The smallest absolute Gasteiger partial charge is 0.234 e. The lowest BCUT2D eigenvalue weighted by Crippen LogP contribution is -2.35. The van der Waals surface area contributed by atoms with Gasteiger partial charge in [-0.3, -0.25) is 4.79 Å². The van der Waals surface area contributed by atoms with Gasteiger partial charge in [0.1, 0.15) is 0 Å². The summed E-state index contributed by atoms with van der Waals surface area (Å²) in [7, 11) is 1.60. The van der Waals surface area contributed by atoms with Crippen LogP contribution in [0.15, 0.2) is 12.2 Å². The molecule has 0 aromatic rings. The van der Waals surface area contributed by atoms with E-state index in [1.165, 1.54) is 0 Å². The highest BCUT2D eigenvalue weighted by atomic mass is 35.5. The summed E-state index contributed by atoms with van der Waals surface area (Å²) in [4.78, 5) is 11.1. The predicted molar refractivity (Wildman–Crippen MR) is 57.6 cm³/mol. The summed E-state index contributed by atoms with van der Waals surface area (Å²) in [5.74, 6) is 0.475. The molecule has 4 nitrogen and oxygen atoms in total. The van der Waals surface area contributed by atoms with Gasteiger partial charge in [-0.15, -0.1) is 11.6 Å². The minimum absolute atomic E-state index is 0.0266. The van der Waals surface area contributed by atoms with E-state index in [0.29, 0.717) is 32.1 Å². The number of amides is 1. The van der Waals surface area contributed by atoms with Crippen molar-refractivity contribution in [3.63, 3.8) is 0 Å². The zero-order valence-corrected chi connectivity index (χ0v) is 9.14. The number of alkyl halides is 1. The van der Waals surface area contributed by atoms with Crippen LogP contribution in [0.5, 0.6) is 0 Å². The Labute approximate surface area is 89.6 Å². The average Bonchev–Trinajstić information content (AvgIpc) is 2.18. The summed E-state index contributed by atoms with van der Waals surface area (Å²) in [6, 6.07) is 0. The van der Waals surface area contributed by atoms with Gasteiger partial charge in [-0.05, 0) is 0 Å². The third-order valence-corrected chi connectivity index (χ3v) is 1.61. The molecular formula is C9H17ClN2O2. The van der Waals surface area contributed by atoms with Crippen molar-refractivity contribution in [3.05, 3.63) is 12.2 Å². The SMILES string of the molecule is COCCNC(=O)CNC/C=C/CCl. The Balaban J connectivity index is 3.22. The molecule has 0 fully saturated rings. The Bertz CT molecular complexity index is 174. The van der Waals surface area contributed by atoms with E-state index in [2.05, 4.69) is 10.6 Å². The average molecular weight is 221 g/mol. The molecule has 0 radical (unpaired) electrons. The van der Waals surface area contributed by atoms with Gasteiger partial charge in [0.25, 0.3) is 0 Å². The van der Waals surface area contributed by atoms with E-state index in [1.54, 1.807) is 7.11 Å². The van der Waals surface area contributed by atoms with Crippen molar-refractivity contribution in [2.75, 3.05) is 39.2 Å². The minimum Gasteiger partial charge on any atom is -0.383 e. The van der Waals surface area contributed by atoms with Crippen LogP contribution >= 0.6 is 11.6 Å². The van der Waals surface area contributed by atoms with Crippen LogP contribution in [-0.4, -0.2) is 45.1 Å². The third-order valence-electron chi connectivity index (χ3n) is 1.43. The Morgan fingerprint density at radius 1 is 1.50 bits per heavy atom. The molecule has 0 atom stereocenters. The molecule has 0 aliphatic heterocycles. The van der Waals surface area contributed by atoms with Gasteiger partial charge in [0.05, 0.1) is 13.2 Å². The number of allylic oxidation sites excluding steroid dienone is 1. The zero-order chi connectivity index (χ0) is 10.6. The lowest BCUT2D eigenvalue weighted by molar-refractivity contribution is -0.120. The summed E-state index contributed by atoms with van der Waals surface area (Å²) in [6.07, 6.45) is 3.72. The first-order chi connectivity index (χ1) is 6.81. The van der Waals surface area contributed by atoms with Gasteiger partial charge >= 0.3 is 0 Å². The summed E-state index contributed by atoms with van der Waals surface area (Å²) in [6.45, 7) is 2.06. The Morgan fingerprint density at radius 2 is 2.29 bits per heavy atom. The molecule has 0 saturated carbocycles. The molecule has 0 rings (SSSR count). The number of rotatable bonds is 8. The number of hydrogen-bond donors (Lipinski definition) is 2. The monoisotopic (exact) mass is 220 g/mol. The highest BCUT2D eigenvalue weighted by Gasteiger charge is 1.97. The number of hydrogen-bond acceptors (Lipinski definition) is 3. The van der Waals surface area contributed by atoms with Gasteiger partial charge in [-0.2, -0.15) is 0 Å². The van der Waals surface area contributed by atoms with Crippen molar-refractivity contribution in [2.24, 2.45) is 0 Å². The molecule has 14 heavy (non-hydrogen) atoms. The van der Waals surface area contributed by atoms with Crippen molar-refractivity contribution < 1.29 is 9.53 Å². The second kappa shape index (κ2) is 10.5. The largest absolute Gasteiger partial charge is 0.383 e. The molecule has 0 aromatic carbocycles. The van der Waals surface area contributed by atoms with Gasteiger partial charge in [-0.25, -0.2) is 0 Å². The Morgan fingerprint density at radius 3 is 2.93 bits per heavy atom. The normalized spacial score (nSPS) is 10.7. The fraction of sp³-hybridized carbons (Fsp3) is 0.667. The highest BCUT2D eigenvalue weighted by Crippen LogP contribution is 1.76. The van der Waals surface area contributed by atoms with Crippen LogP contribution in [0.2, 0.25) is 0 Å². The van der Waals surface area contributed by atoms with Crippen molar-refractivity contribution in [2.45, 2.75) is 0 Å². The Hall–Kier alpha value is -0.580. The van der Waals surface area contributed by atoms with Crippen LogP contribution in [0.4, 0.5) is 0 Å². The summed E-state index contributed by atoms with van der Waals surface area (Å²) < 4.78 is 4.79. The first kappa shape index (κ1) is 13.4. The van der Waals surface area contributed by atoms with Gasteiger partial charge in [0, 0.05) is 26.1 Å². The molecule has 0 spiro atoms. The maximum absolute atomic E-state index is 11.1. The van der Waals surface area contributed by atoms with Crippen LogP contribution in [0.25, 0.3) is 0 Å². The molecule has 0 heterocycles. The van der Waals surface area contributed by atoms with E-state index in [4.69, 9.17) is 16.3 Å². The summed E-state index contributed by atoms with van der Waals surface area (Å²) >= 11 is 5.42. The maximum atomic E-state index is 11.1. The van der Waals surface area contributed by atoms with E-state index >= 15 is 0 Å². The maximum Gasteiger partial charge on any atom is 0.234 e. The van der Waals surface area contributed by atoms with Crippen LogP contribution in [0, 0.1) is 0 Å². The van der Waals surface area contributed by atoms with Crippen molar-refractivity contribution in [1.29, 1.82) is 0 Å². The molecule has 0 bridgehead atoms. The molecule has 5 heteroatoms. The van der Waals surface area contributed by atoms with Crippen LogP contribution in [0.1, 0.15) is 0 Å². The molecule has 2 N–H and O–H groups in total. The second-order valence-electron chi connectivity index (χ2n) is 2.60. The van der Waals surface area contributed by atoms with Gasteiger partial charge in [0.2, 0.25) is 5.91 Å². The number of methoxy groups -OCH3 is 1. The van der Waals surface area contributed by atoms with E-state index in [9.17, 15) is 4.79 Å². The van der Waals surface area contributed by atoms with Crippen molar-refractivity contribution >= 4 is 17.5 Å². The zero-order valence-electron chi connectivity index (χ0n) is 8.38. The molecule has 0 aliphatic carbocycles. The van der Waals surface area contributed by atoms with Crippen LogP contribution in [0.3, 0.4) is 0 Å². The molecule has 82 valence electrons. The first-order valence-corrected chi connectivity index (χ1v) is 5.02. The highest BCUT2D eigenvalue weighted by molar-refractivity contribution is 6.18. The topological polar surface area (TPSA) is 50.4 Å². The molecule has 0 aliphatic rings. The van der Waals surface area contributed by atoms with E-state index < -0.39 is 0 Å². The van der Waals surface area contributed by atoms with Crippen LogP contribution in [-0.2, 0) is 9.53 Å². The quantitative estimate of drug-likeness (QED) is 0.348. The summed E-state index contributed by atoms with van der Waals surface area (Å²) in [5, 5.41) is 5.65. The summed E-state index contributed by atoms with van der Waals surface area (Å²) in [5.41, 5.74) is 0. The predicted octanol–water partition coefficient (Wildman–Crippen LogP) is 0.134. The Kier molecular flexibility index (Phi) is 10.1. The minimum atomic E-state index is -0.0266. The van der Waals surface area contributed by atoms with Crippen molar-refractivity contribution in [1.82, 2.24) is 10.6 Å². The number of halogens is 1. The fourth-order valence-electron chi connectivity index (χ4n) is 0.770. The van der Waals surface area contributed by atoms with E-state index in [-0.39, 0.29) is 5.91 Å². The van der Waals surface area contributed by atoms with Crippen LogP contribution < -0.4 is 10.6 Å². The number of nitrogens with one attached hydrogen (secondary N) is 2. The molecule has 0 aromatic heterocycles. The molecule has 1 amide bonds. The number of carbonyl (C=O) groups excluding carboxylic acids is 1. The lowest BCUT2D eigenvalue weighted by atomic mass is 10.5. The first-order valence-electron chi connectivity index (χ1n) is 4.48. The van der Waals surface area contributed by atoms with Crippen molar-refractivity contribution in [3.8, 4) is 0 Å². The molecule has 0 saturated heterocycles. The van der Waals surface area contributed by atoms with Gasteiger partial charge in [-0.1, -0.05) is 12.2 Å². The lowest BCUT2D eigenvalue weighted by Gasteiger charge is -2.04. The van der Waals surface area contributed by atoms with Gasteiger partial charge < -0.3 is 15.4 Å². The fourth-order valence-corrected chi connectivity index (χ4v) is 0.896. The molecular weight excluding hydrogens is 204 g/mol. The molecule has 0 unspecified atom stereocenters. The van der Waals surface area contributed by atoms with Gasteiger partial charge in [0.15, 0.2) is 0 Å². The number of carbonyl (C=O) groups is 1. The van der Waals surface area contributed by atoms with E-state index in [1.807, 2.05) is 12.2 Å². The third kappa shape index (κ3) is 9.51. The second-order valence-corrected chi connectivity index (χ2v) is 2.91. The van der Waals surface area contributed by atoms with E-state index in [0.717, 1.165) is 0 Å².